The smallest absolute Gasteiger partial charge is 0.217 e. The molecule has 3 rings (SSSR count). The monoisotopic (exact) mass is 417 g/mol. The maximum Gasteiger partial charge on any atom is 0.217 e. The topological polar surface area (TPSA) is 84.7 Å². The predicted molar refractivity (Wildman–Crippen MR) is 98.3 cm³/mol. The van der Waals surface area contributed by atoms with Crippen LogP contribution in [0.1, 0.15) is 24.2 Å². The Morgan fingerprint density at radius 3 is 2.93 bits per heavy atom. The summed E-state index contributed by atoms with van der Waals surface area (Å²) in [5.41, 5.74) is 0.570. The van der Waals surface area contributed by atoms with E-state index in [-0.39, 0.29) is 29.0 Å². The molecule has 0 bridgehead atoms. The van der Waals surface area contributed by atoms with E-state index in [1.54, 1.807) is 6.07 Å². The van der Waals surface area contributed by atoms with Crippen LogP contribution in [0.25, 0.3) is 0 Å². The van der Waals surface area contributed by atoms with Crippen molar-refractivity contribution >= 4 is 21.6 Å². The Morgan fingerprint density at radius 2 is 2.26 bits per heavy atom. The number of rotatable bonds is 7. The van der Waals surface area contributed by atoms with Gasteiger partial charge in [0.2, 0.25) is 10.0 Å². The highest BCUT2D eigenvalue weighted by Gasteiger charge is 2.30. The van der Waals surface area contributed by atoms with E-state index in [2.05, 4.69) is 14.4 Å². The second kappa shape index (κ2) is 8.66. The second-order valence-corrected chi connectivity index (χ2v) is 8.64. The predicted octanol–water partition coefficient (Wildman–Crippen LogP) is 2.35. The van der Waals surface area contributed by atoms with Gasteiger partial charge in [0.1, 0.15) is 17.8 Å². The molecule has 1 aliphatic heterocycles. The minimum absolute atomic E-state index is 0.0203. The molecule has 27 heavy (non-hydrogen) atoms. The Morgan fingerprint density at radius 1 is 1.44 bits per heavy atom. The maximum atomic E-state index is 14.5. The van der Waals surface area contributed by atoms with Gasteiger partial charge in [-0.2, -0.15) is 0 Å². The quantitative estimate of drug-likeness (QED) is 0.744. The van der Waals surface area contributed by atoms with Gasteiger partial charge in [0.25, 0.3) is 0 Å². The number of aromatic nitrogens is 1. The summed E-state index contributed by atoms with van der Waals surface area (Å²) in [6.45, 7) is 3.47. The summed E-state index contributed by atoms with van der Waals surface area (Å²) < 4.78 is 52.1. The van der Waals surface area contributed by atoms with E-state index in [0.717, 1.165) is 0 Å². The molecule has 10 heteroatoms. The molecular formula is C17H21ClFN3O4S. The molecule has 0 aliphatic carbocycles. The number of nitrogens with one attached hydrogen (secondary N) is 1. The number of ether oxygens (including phenoxy) is 1. The lowest BCUT2D eigenvalue weighted by Crippen LogP contribution is -2.47. The number of hydrogen-bond donors (Lipinski definition) is 1. The maximum absolute atomic E-state index is 14.5. The zero-order valence-electron chi connectivity index (χ0n) is 14.8. The normalized spacial score (nSPS) is 19.9. The average molecular weight is 418 g/mol. The molecule has 148 valence electrons. The molecule has 2 aromatic rings. The molecule has 2 unspecified atom stereocenters. The largest absolute Gasteiger partial charge is 0.376 e. The van der Waals surface area contributed by atoms with Crippen molar-refractivity contribution in [1.29, 1.82) is 0 Å². The molecule has 0 radical (unpaired) electrons. The van der Waals surface area contributed by atoms with Gasteiger partial charge in [-0.1, -0.05) is 22.8 Å². The van der Waals surface area contributed by atoms with E-state index in [1.165, 1.54) is 24.5 Å². The lowest BCUT2D eigenvalue weighted by molar-refractivity contribution is -0.0342. The Balaban J connectivity index is 1.81. The molecule has 1 aliphatic rings. The Labute approximate surface area is 162 Å². The van der Waals surface area contributed by atoms with E-state index in [9.17, 15) is 12.8 Å². The van der Waals surface area contributed by atoms with Crippen LogP contribution >= 0.6 is 11.6 Å². The summed E-state index contributed by atoms with van der Waals surface area (Å²) in [5, 5.41) is 3.87. The van der Waals surface area contributed by atoms with Crippen LogP contribution in [0.5, 0.6) is 0 Å². The van der Waals surface area contributed by atoms with Crippen LogP contribution < -0.4 is 4.72 Å². The van der Waals surface area contributed by atoms with Crippen molar-refractivity contribution in [3.05, 3.63) is 52.6 Å². The van der Waals surface area contributed by atoms with Gasteiger partial charge in [-0.15, -0.1) is 0 Å². The van der Waals surface area contributed by atoms with Gasteiger partial charge in [-0.3, -0.25) is 4.90 Å². The van der Waals surface area contributed by atoms with Crippen molar-refractivity contribution in [2.24, 2.45) is 0 Å². The number of hydrogen-bond acceptors (Lipinski definition) is 6. The fourth-order valence-corrected chi connectivity index (χ4v) is 4.48. The molecule has 2 atom stereocenters. The number of benzene rings is 1. The van der Waals surface area contributed by atoms with Gasteiger partial charge in [0, 0.05) is 36.3 Å². The molecule has 1 N–H and O–H groups in total. The molecule has 0 spiro atoms. The van der Waals surface area contributed by atoms with E-state index < -0.39 is 21.9 Å². The van der Waals surface area contributed by atoms with Crippen LogP contribution in [0.3, 0.4) is 0 Å². The van der Waals surface area contributed by atoms with Gasteiger partial charge >= 0.3 is 0 Å². The van der Waals surface area contributed by atoms with Crippen molar-refractivity contribution in [2.75, 3.05) is 26.2 Å². The minimum Gasteiger partial charge on any atom is -0.376 e. The first-order valence-electron chi connectivity index (χ1n) is 8.52. The van der Waals surface area contributed by atoms with Crippen LogP contribution in [0, 0.1) is 5.82 Å². The highest BCUT2D eigenvalue weighted by Crippen LogP contribution is 2.31. The zero-order chi connectivity index (χ0) is 19.4. The fourth-order valence-electron chi connectivity index (χ4n) is 3.13. The van der Waals surface area contributed by atoms with Crippen molar-refractivity contribution in [1.82, 2.24) is 14.8 Å². The number of nitrogens with zero attached hydrogens (tertiary/aromatic N) is 2. The van der Waals surface area contributed by atoms with Crippen LogP contribution in [-0.2, 0) is 20.5 Å². The third-order valence-electron chi connectivity index (χ3n) is 4.37. The fraction of sp³-hybridized carbons (Fsp3) is 0.471. The van der Waals surface area contributed by atoms with Gasteiger partial charge in [-0.05, 0) is 19.1 Å². The Kier molecular flexibility index (Phi) is 6.48. The van der Waals surface area contributed by atoms with Crippen LogP contribution in [0.2, 0.25) is 5.02 Å². The van der Waals surface area contributed by atoms with Crippen molar-refractivity contribution < 1.29 is 22.1 Å². The average Bonchev–Trinajstić information content (AvgIpc) is 3.09. The molecule has 1 aromatic carbocycles. The summed E-state index contributed by atoms with van der Waals surface area (Å²) in [4.78, 5) is 1.98. The molecular weight excluding hydrogens is 397 g/mol. The van der Waals surface area contributed by atoms with Crippen molar-refractivity contribution in [2.45, 2.75) is 24.8 Å². The molecule has 1 saturated heterocycles. The molecule has 0 saturated carbocycles. The minimum atomic E-state index is -3.68. The Bertz CT molecular complexity index is 843. The first kappa shape index (κ1) is 20.2. The summed E-state index contributed by atoms with van der Waals surface area (Å²) in [7, 11) is -3.68. The lowest BCUT2D eigenvalue weighted by Gasteiger charge is -2.38. The molecule has 1 aromatic heterocycles. The van der Waals surface area contributed by atoms with E-state index in [4.69, 9.17) is 16.3 Å². The number of morpholine rings is 1. The zero-order valence-corrected chi connectivity index (χ0v) is 16.3. The van der Waals surface area contributed by atoms with Crippen LogP contribution in [-0.4, -0.2) is 50.8 Å². The SMILES string of the molecule is CC1CN(C(CNS(=O)(=O)Cc2ccon2)c2c(F)cccc2Cl)CCO1. The van der Waals surface area contributed by atoms with Gasteiger partial charge < -0.3 is 9.26 Å². The van der Waals surface area contributed by atoms with Crippen molar-refractivity contribution in [3.63, 3.8) is 0 Å². The summed E-state index contributed by atoms with van der Waals surface area (Å²) in [6, 6.07) is 5.36. The molecule has 7 nitrogen and oxygen atoms in total. The van der Waals surface area contributed by atoms with Crippen molar-refractivity contribution in [3.8, 4) is 0 Å². The van der Waals surface area contributed by atoms with E-state index >= 15 is 0 Å². The third kappa shape index (κ3) is 5.26. The first-order valence-corrected chi connectivity index (χ1v) is 10.5. The Hall–Kier alpha value is -1.52. The first-order chi connectivity index (χ1) is 12.9. The number of halogens is 2. The van der Waals surface area contributed by atoms with Gasteiger partial charge in [-0.25, -0.2) is 17.5 Å². The summed E-state index contributed by atoms with van der Waals surface area (Å²) in [6.07, 6.45) is 1.26. The lowest BCUT2D eigenvalue weighted by atomic mass is 10.0. The second-order valence-electron chi connectivity index (χ2n) is 6.43. The molecule has 0 amide bonds. The van der Waals surface area contributed by atoms with Crippen LogP contribution in [0.15, 0.2) is 35.1 Å². The molecule has 2 heterocycles. The van der Waals surface area contributed by atoms with Gasteiger partial charge in [0.15, 0.2) is 0 Å². The third-order valence-corrected chi connectivity index (χ3v) is 5.98. The highest BCUT2D eigenvalue weighted by atomic mass is 35.5. The summed E-state index contributed by atoms with van der Waals surface area (Å²) in [5.74, 6) is -0.789. The van der Waals surface area contributed by atoms with Crippen LogP contribution in [0.4, 0.5) is 4.39 Å². The van der Waals surface area contributed by atoms with E-state index in [1.807, 2.05) is 11.8 Å². The highest BCUT2D eigenvalue weighted by molar-refractivity contribution is 7.88. The van der Waals surface area contributed by atoms with Gasteiger partial charge in [0.05, 0.1) is 24.4 Å². The molecule has 1 fully saturated rings. The standard InChI is InChI=1S/C17H21ClFN3O4S/c1-12-10-22(6-8-25-12)16(17-14(18)3-2-4-15(17)19)9-20-27(23,24)11-13-5-7-26-21-13/h2-5,7,12,16,20H,6,8-11H2,1H3. The van der Waals surface area contributed by atoms with E-state index in [0.29, 0.717) is 25.4 Å². The number of sulfonamides is 1. The summed E-state index contributed by atoms with van der Waals surface area (Å²) >= 11 is 6.25.